The van der Waals surface area contributed by atoms with E-state index >= 15 is 0 Å². The van der Waals surface area contributed by atoms with Crippen LogP contribution in [0.2, 0.25) is 0 Å². The number of rotatable bonds is 9. The second kappa shape index (κ2) is 9.81. The molecular weight excluding hydrogens is 398 g/mol. The molecule has 0 aliphatic heterocycles. The lowest BCUT2D eigenvalue weighted by Crippen LogP contribution is -2.42. The Morgan fingerprint density at radius 1 is 1.14 bits per heavy atom. The number of Topliss-reactive ketones (excluding diaryl/α,β-unsaturated/α-hetero) is 1. The topological polar surface area (TPSA) is 96.4 Å². The Kier molecular flexibility index (Phi) is 7.73. The highest BCUT2D eigenvalue weighted by molar-refractivity contribution is 7.99. The van der Waals surface area contributed by atoms with E-state index in [0.717, 1.165) is 9.87 Å². The predicted molar refractivity (Wildman–Crippen MR) is 109 cm³/mol. The molecule has 9 heteroatoms. The summed E-state index contributed by atoms with van der Waals surface area (Å²) in [6.45, 7) is 1.45. The van der Waals surface area contributed by atoms with Crippen LogP contribution in [0.5, 0.6) is 0 Å². The molecule has 0 saturated carbocycles. The van der Waals surface area contributed by atoms with Crippen molar-refractivity contribution in [1.82, 2.24) is 14.6 Å². The van der Waals surface area contributed by atoms with Crippen LogP contribution in [0.4, 0.5) is 0 Å². The molecule has 1 amide bonds. The molecule has 0 aliphatic carbocycles. The van der Waals surface area contributed by atoms with Gasteiger partial charge in [-0.05, 0) is 31.0 Å². The lowest BCUT2D eigenvalue weighted by atomic mass is 10.0. The number of amides is 1. The maximum atomic E-state index is 12.2. The molecule has 1 aromatic heterocycles. The molecule has 2 rings (SSSR count). The molecular formula is C19H23N3O4S2. The molecule has 0 radical (unpaired) electrons. The van der Waals surface area contributed by atoms with E-state index in [4.69, 9.17) is 0 Å². The Labute approximate surface area is 169 Å². The zero-order chi connectivity index (χ0) is 20.7. The SMILES string of the molecule is CC(=O)[C@H](Cc1ccccc1)NC(=O)CSc1ccc(S(=O)(=O)N(C)C)cn1. The summed E-state index contributed by atoms with van der Waals surface area (Å²) in [4.78, 5) is 28.3. The van der Waals surface area contributed by atoms with E-state index in [0.29, 0.717) is 11.4 Å². The molecule has 1 aromatic carbocycles. The third-order valence-corrected chi connectivity index (χ3v) is 6.69. The zero-order valence-electron chi connectivity index (χ0n) is 16.0. The van der Waals surface area contributed by atoms with Crippen molar-refractivity contribution in [3.8, 4) is 0 Å². The number of thioether (sulfide) groups is 1. The average Bonchev–Trinajstić information content (AvgIpc) is 2.66. The number of hydrogen-bond acceptors (Lipinski definition) is 6. The van der Waals surface area contributed by atoms with Crippen molar-refractivity contribution >= 4 is 33.5 Å². The molecule has 0 bridgehead atoms. The van der Waals surface area contributed by atoms with Crippen molar-refractivity contribution in [3.63, 3.8) is 0 Å². The van der Waals surface area contributed by atoms with Gasteiger partial charge in [0.15, 0.2) is 5.78 Å². The Balaban J connectivity index is 1.93. The third kappa shape index (κ3) is 6.15. The number of carbonyl (C=O) groups is 2. The lowest BCUT2D eigenvalue weighted by molar-refractivity contribution is -0.125. The zero-order valence-corrected chi connectivity index (χ0v) is 17.6. The minimum atomic E-state index is -3.54. The summed E-state index contributed by atoms with van der Waals surface area (Å²) in [5, 5.41) is 3.27. The average molecular weight is 422 g/mol. The fourth-order valence-corrected chi connectivity index (χ4v) is 3.84. The predicted octanol–water partition coefficient (Wildman–Crippen LogP) is 1.74. The Morgan fingerprint density at radius 2 is 1.82 bits per heavy atom. The van der Waals surface area contributed by atoms with Crippen molar-refractivity contribution in [2.24, 2.45) is 0 Å². The van der Waals surface area contributed by atoms with E-state index in [-0.39, 0.29) is 22.3 Å². The van der Waals surface area contributed by atoms with Crippen LogP contribution in [-0.2, 0) is 26.0 Å². The first-order valence-corrected chi connectivity index (χ1v) is 11.0. The first-order valence-electron chi connectivity index (χ1n) is 8.55. The molecule has 0 spiro atoms. The highest BCUT2D eigenvalue weighted by atomic mass is 32.2. The molecule has 150 valence electrons. The Hall–Kier alpha value is -2.23. The highest BCUT2D eigenvalue weighted by Gasteiger charge is 2.19. The van der Waals surface area contributed by atoms with E-state index in [1.54, 1.807) is 6.07 Å². The number of pyridine rings is 1. The first kappa shape index (κ1) is 22.1. The van der Waals surface area contributed by atoms with Crippen LogP contribution in [0.1, 0.15) is 12.5 Å². The lowest BCUT2D eigenvalue weighted by Gasteiger charge is -2.16. The van der Waals surface area contributed by atoms with Crippen LogP contribution in [0.15, 0.2) is 58.6 Å². The first-order chi connectivity index (χ1) is 13.2. The summed E-state index contributed by atoms with van der Waals surface area (Å²) >= 11 is 1.17. The number of ketones is 1. The number of aromatic nitrogens is 1. The normalized spacial score (nSPS) is 12.6. The summed E-state index contributed by atoms with van der Waals surface area (Å²) in [5.74, 6) is -0.322. The summed E-state index contributed by atoms with van der Waals surface area (Å²) in [6.07, 6.45) is 1.70. The van der Waals surface area contributed by atoms with Gasteiger partial charge in [-0.25, -0.2) is 17.7 Å². The van der Waals surface area contributed by atoms with E-state index in [1.807, 2.05) is 30.3 Å². The van der Waals surface area contributed by atoms with Gasteiger partial charge in [0.25, 0.3) is 0 Å². The molecule has 2 aromatic rings. The Bertz CT molecular complexity index is 914. The fraction of sp³-hybridized carbons (Fsp3) is 0.316. The molecule has 0 unspecified atom stereocenters. The van der Waals surface area contributed by atoms with Crippen LogP contribution < -0.4 is 5.32 Å². The maximum Gasteiger partial charge on any atom is 0.244 e. The quantitative estimate of drug-likeness (QED) is 0.620. The second-order valence-corrected chi connectivity index (χ2v) is 9.48. The molecule has 1 N–H and O–H groups in total. The van der Waals surface area contributed by atoms with Gasteiger partial charge in [0.05, 0.1) is 16.8 Å². The molecule has 0 aliphatic rings. The highest BCUT2D eigenvalue weighted by Crippen LogP contribution is 2.18. The van der Waals surface area contributed by atoms with Crippen LogP contribution in [0.3, 0.4) is 0 Å². The van der Waals surface area contributed by atoms with Crippen molar-refractivity contribution in [2.45, 2.75) is 29.3 Å². The van der Waals surface area contributed by atoms with Gasteiger partial charge in [-0.1, -0.05) is 42.1 Å². The summed E-state index contributed by atoms with van der Waals surface area (Å²) < 4.78 is 25.2. The number of hydrogen-bond donors (Lipinski definition) is 1. The summed E-state index contributed by atoms with van der Waals surface area (Å²) in [5.41, 5.74) is 0.968. The third-order valence-electron chi connectivity index (χ3n) is 3.95. The van der Waals surface area contributed by atoms with Crippen molar-refractivity contribution in [3.05, 3.63) is 54.2 Å². The number of nitrogens with one attached hydrogen (secondary N) is 1. The van der Waals surface area contributed by atoms with Crippen molar-refractivity contribution in [1.29, 1.82) is 0 Å². The Morgan fingerprint density at radius 3 is 2.36 bits per heavy atom. The molecule has 0 fully saturated rings. The van der Waals surface area contributed by atoms with Crippen molar-refractivity contribution < 1.29 is 18.0 Å². The maximum absolute atomic E-state index is 12.2. The van der Waals surface area contributed by atoms with E-state index in [9.17, 15) is 18.0 Å². The van der Waals surface area contributed by atoms with E-state index in [2.05, 4.69) is 10.3 Å². The van der Waals surface area contributed by atoms with Gasteiger partial charge in [0.2, 0.25) is 15.9 Å². The molecule has 0 saturated heterocycles. The molecule has 28 heavy (non-hydrogen) atoms. The van der Waals surface area contributed by atoms with Gasteiger partial charge in [0.1, 0.15) is 4.90 Å². The van der Waals surface area contributed by atoms with Gasteiger partial charge in [-0.15, -0.1) is 0 Å². The fourth-order valence-electron chi connectivity index (χ4n) is 2.34. The number of carbonyl (C=O) groups excluding carboxylic acids is 2. The summed E-state index contributed by atoms with van der Waals surface area (Å²) in [7, 11) is -0.640. The van der Waals surface area contributed by atoms with Gasteiger partial charge >= 0.3 is 0 Å². The standard InChI is InChI=1S/C19H23N3O4S2/c1-14(23)17(11-15-7-5-4-6-8-15)21-18(24)13-27-19-10-9-16(12-20-19)28(25,26)22(2)3/h4-10,12,17H,11,13H2,1-3H3,(H,21,24)/t17-/m0/s1. The molecule has 7 nitrogen and oxygen atoms in total. The van der Waals surface area contributed by atoms with Gasteiger partial charge in [0, 0.05) is 20.3 Å². The summed E-state index contributed by atoms with van der Waals surface area (Å²) in [6, 6.07) is 11.9. The minimum Gasteiger partial charge on any atom is -0.345 e. The van der Waals surface area contributed by atoms with E-state index < -0.39 is 16.1 Å². The largest absolute Gasteiger partial charge is 0.345 e. The number of nitrogens with zero attached hydrogens (tertiary/aromatic N) is 2. The van der Waals surface area contributed by atoms with Crippen LogP contribution >= 0.6 is 11.8 Å². The molecule has 1 heterocycles. The van der Waals surface area contributed by atoms with E-state index in [1.165, 1.54) is 45.0 Å². The van der Waals surface area contributed by atoms with Gasteiger partial charge in [-0.2, -0.15) is 0 Å². The minimum absolute atomic E-state index is 0.0747. The number of benzene rings is 1. The van der Waals surface area contributed by atoms with Crippen molar-refractivity contribution in [2.75, 3.05) is 19.8 Å². The smallest absolute Gasteiger partial charge is 0.244 e. The monoisotopic (exact) mass is 421 g/mol. The number of sulfonamides is 1. The van der Waals surface area contributed by atoms with Crippen LogP contribution in [0, 0.1) is 0 Å². The second-order valence-electron chi connectivity index (χ2n) is 6.33. The molecule has 1 atom stereocenters. The van der Waals surface area contributed by atoms with Crippen LogP contribution in [-0.4, -0.2) is 55.3 Å². The van der Waals surface area contributed by atoms with Gasteiger partial charge < -0.3 is 5.32 Å². The van der Waals surface area contributed by atoms with Crippen LogP contribution in [0.25, 0.3) is 0 Å². The van der Waals surface area contributed by atoms with Gasteiger partial charge in [-0.3, -0.25) is 9.59 Å².